The molecule has 118 valence electrons. The third-order valence-corrected chi connectivity index (χ3v) is 3.64. The van der Waals surface area contributed by atoms with Crippen LogP contribution < -0.4 is 11.4 Å². The van der Waals surface area contributed by atoms with Gasteiger partial charge in [0.25, 0.3) is 0 Å². The highest BCUT2D eigenvalue weighted by molar-refractivity contribution is 5.47. The molecule has 3 rings (SSSR count). The zero-order chi connectivity index (χ0) is 16.4. The molecule has 0 bridgehead atoms. The van der Waals surface area contributed by atoms with E-state index < -0.39 is 5.69 Å². The fraction of sp³-hybridized carbons (Fsp3) is 0.188. The van der Waals surface area contributed by atoms with Crippen LogP contribution in [0, 0.1) is 12.7 Å². The summed E-state index contributed by atoms with van der Waals surface area (Å²) in [6.45, 7) is 2.60. The van der Waals surface area contributed by atoms with E-state index in [1.807, 2.05) is 25.1 Å². The molecule has 0 saturated carbocycles. The van der Waals surface area contributed by atoms with Crippen LogP contribution in [0.4, 0.5) is 10.1 Å². The molecule has 0 saturated heterocycles. The maximum absolute atomic E-state index is 13.0. The molecule has 0 unspecified atom stereocenters. The number of tetrazole rings is 1. The summed E-state index contributed by atoms with van der Waals surface area (Å²) in [7, 11) is 0. The van der Waals surface area contributed by atoms with Gasteiger partial charge < -0.3 is 5.73 Å². The first-order valence-corrected chi connectivity index (χ1v) is 7.13. The summed E-state index contributed by atoms with van der Waals surface area (Å²) in [5, 5.41) is 7.48. The van der Waals surface area contributed by atoms with Crippen LogP contribution in [0.25, 0.3) is 0 Å². The molecule has 0 aliphatic rings. The fourth-order valence-electron chi connectivity index (χ4n) is 2.32. The number of nitrogen functional groups attached to an aromatic ring is 1. The van der Waals surface area contributed by atoms with Crippen molar-refractivity contribution < 1.29 is 4.39 Å². The van der Waals surface area contributed by atoms with Crippen molar-refractivity contribution in [1.29, 1.82) is 0 Å². The number of rotatable bonds is 4. The Morgan fingerprint density at radius 1 is 1.09 bits per heavy atom. The van der Waals surface area contributed by atoms with Gasteiger partial charge in [0.05, 0.1) is 13.1 Å². The number of nitrogens with zero attached hydrogens (tertiary/aromatic N) is 4. The fourth-order valence-corrected chi connectivity index (χ4v) is 2.32. The Kier molecular flexibility index (Phi) is 3.92. The van der Waals surface area contributed by atoms with Gasteiger partial charge >= 0.3 is 5.69 Å². The first-order chi connectivity index (χ1) is 11.0. The highest BCUT2D eigenvalue weighted by Gasteiger charge is 2.09. The number of benzene rings is 2. The second kappa shape index (κ2) is 6.04. The lowest BCUT2D eigenvalue weighted by Gasteiger charge is -2.10. The molecule has 0 fully saturated rings. The predicted octanol–water partition coefficient (Wildman–Crippen LogP) is 1.57. The highest BCUT2D eigenvalue weighted by Crippen LogP contribution is 2.13. The van der Waals surface area contributed by atoms with E-state index in [-0.39, 0.29) is 12.4 Å². The summed E-state index contributed by atoms with van der Waals surface area (Å²) in [5.74, 6) is -0.315. The van der Waals surface area contributed by atoms with E-state index in [0.717, 1.165) is 22.4 Å². The Labute approximate surface area is 132 Å². The Morgan fingerprint density at radius 2 is 1.78 bits per heavy atom. The van der Waals surface area contributed by atoms with Crippen molar-refractivity contribution in [2.75, 3.05) is 5.73 Å². The van der Waals surface area contributed by atoms with Gasteiger partial charge in [-0.25, -0.2) is 13.9 Å². The third-order valence-electron chi connectivity index (χ3n) is 3.64. The summed E-state index contributed by atoms with van der Waals surface area (Å²) < 4.78 is 14.4. The Bertz CT molecular complexity index is 882. The molecule has 3 aromatic rings. The summed E-state index contributed by atoms with van der Waals surface area (Å²) in [6, 6.07) is 11.6. The largest absolute Gasteiger partial charge is 0.399 e. The molecule has 23 heavy (non-hydrogen) atoms. The van der Waals surface area contributed by atoms with E-state index in [4.69, 9.17) is 5.73 Å². The van der Waals surface area contributed by atoms with Gasteiger partial charge in [0, 0.05) is 5.69 Å². The van der Waals surface area contributed by atoms with Crippen LogP contribution in [0.3, 0.4) is 0 Å². The number of hydrogen-bond acceptors (Lipinski definition) is 4. The first-order valence-electron chi connectivity index (χ1n) is 7.13. The standard InChI is InChI=1S/C16H16FN5O/c1-11-8-13(4-7-15(11)18)10-22-20-19-16(23)21(22)9-12-2-5-14(17)6-3-12/h2-8H,9-10,18H2,1H3. The van der Waals surface area contributed by atoms with Gasteiger partial charge in [0.1, 0.15) is 5.82 Å². The van der Waals surface area contributed by atoms with Crippen LogP contribution in [-0.4, -0.2) is 19.8 Å². The molecule has 2 N–H and O–H groups in total. The van der Waals surface area contributed by atoms with Gasteiger partial charge in [0.2, 0.25) is 0 Å². The number of anilines is 1. The monoisotopic (exact) mass is 313 g/mol. The molecule has 0 radical (unpaired) electrons. The molecular formula is C16H16FN5O. The van der Waals surface area contributed by atoms with Crippen molar-refractivity contribution in [3.05, 3.63) is 75.5 Å². The number of aromatic nitrogens is 4. The molecule has 7 heteroatoms. The topological polar surface area (TPSA) is 78.7 Å². The van der Waals surface area contributed by atoms with Crippen LogP contribution in [0.1, 0.15) is 16.7 Å². The lowest BCUT2D eigenvalue weighted by Crippen LogP contribution is -2.25. The summed E-state index contributed by atoms with van der Waals surface area (Å²) in [4.78, 5) is 13.4. The molecule has 0 aliphatic carbocycles. The van der Waals surface area contributed by atoms with Gasteiger partial charge in [-0.1, -0.05) is 29.4 Å². The van der Waals surface area contributed by atoms with E-state index in [1.54, 1.807) is 12.1 Å². The van der Waals surface area contributed by atoms with Gasteiger partial charge in [0.15, 0.2) is 0 Å². The van der Waals surface area contributed by atoms with Crippen molar-refractivity contribution in [2.45, 2.75) is 20.0 Å². The zero-order valence-electron chi connectivity index (χ0n) is 12.6. The quantitative estimate of drug-likeness (QED) is 0.742. The predicted molar refractivity (Wildman–Crippen MR) is 84.5 cm³/mol. The summed E-state index contributed by atoms with van der Waals surface area (Å²) in [5.41, 5.74) is 8.82. The van der Waals surface area contributed by atoms with Gasteiger partial charge in [-0.3, -0.25) is 0 Å². The Balaban J connectivity index is 1.87. The average molecular weight is 313 g/mol. The maximum atomic E-state index is 13.0. The molecule has 2 aromatic carbocycles. The second-order valence-electron chi connectivity index (χ2n) is 5.38. The van der Waals surface area contributed by atoms with Crippen LogP contribution in [0.2, 0.25) is 0 Å². The number of hydrogen-bond donors (Lipinski definition) is 1. The molecule has 0 atom stereocenters. The van der Waals surface area contributed by atoms with Crippen molar-refractivity contribution in [2.24, 2.45) is 0 Å². The lowest BCUT2D eigenvalue weighted by atomic mass is 10.1. The molecule has 1 aromatic heterocycles. The summed E-state index contributed by atoms with van der Waals surface area (Å²) in [6.07, 6.45) is 0. The van der Waals surface area contributed by atoms with Crippen molar-refractivity contribution in [3.63, 3.8) is 0 Å². The van der Waals surface area contributed by atoms with E-state index in [1.165, 1.54) is 21.6 Å². The van der Waals surface area contributed by atoms with Crippen LogP contribution >= 0.6 is 0 Å². The van der Waals surface area contributed by atoms with Crippen LogP contribution in [0.15, 0.2) is 47.3 Å². The molecule has 1 heterocycles. The lowest BCUT2D eigenvalue weighted by molar-refractivity contribution is 0.446. The van der Waals surface area contributed by atoms with Gasteiger partial charge in [-0.2, -0.15) is 4.80 Å². The zero-order valence-corrected chi connectivity index (χ0v) is 12.6. The normalized spacial score (nSPS) is 10.9. The smallest absolute Gasteiger partial charge is 0.384 e. The van der Waals surface area contributed by atoms with Crippen molar-refractivity contribution in [3.8, 4) is 0 Å². The van der Waals surface area contributed by atoms with E-state index in [9.17, 15) is 9.18 Å². The molecule has 0 amide bonds. The molecule has 0 spiro atoms. The molecule has 6 nitrogen and oxygen atoms in total. The van der Waals surface area contributed by atoms with Gasteiger partial charge in [-0.15, -0.1) is 0 Å². The average Bonchev–Trinajstić information content (AvgIpc) is 2.86. The summed E-state index contributed by atoms with van der Waals surface area (Å²) >= 11 is 0. The molecular weight excluding hydrogens is 297 g/mol. The van der Waals surface area contributed by atoms with E-state index >= 15 is 0 Å². The SMILES string of the molecule is Cc1cc(Cn2nnc(=O)n2Cc2ccc(F)cc2)ccc1N. The number of aryl methyl sites for hydroxylation is 1. The minimum atomic E-state index is -0.443. The Morgan fingerprint density at radius 3 is 2.48 bits per heavy atom. The maximum Gasteiger partial charge on any atom is 0.384 e. The van der Waals surface area contributed by atoms with Crippen molar-refractivity contribution in [1.82, 2.24) is 19.8 Å². The van der Waals surface area contributed by atoms with Crippen LogP contribution in [-0.2, 0) is 13.1 Å². The minimum absolute atomic E-state index is 0.278. The van der Waals surface area contributed by atoms with Crippen LogP contribution in [0.5, 0.6) is 0 Å². The second-order valence-corrected chi connectivity index (χ2v) is 5.38. The number of halogens is 1. The van der Waals surface area contributed by atoms with Crippen molar-refractivity contribution >= 4 is 5.69 Å². The number of nitrogens with two attached hydrogens (primary N) is 1. The highest BCUT2D eigenvalue weighted by atomic mass is 19.1. The van der Waals surface area contributed by atoms with E-state index in [0.29, 0.717) is 6.54 Å². The Hall–Kier alpha value is -2.96. The molecule has 0 aliphatic heterocycles. The van der Waals surface area contributed by atoms with E-state index in [2.05, 4.69) is 10.3 Å². The third kappa shape index (κ3) is 3.28. The van der Waals surface area contributed by atoms with Gasteiger partial charge in [-0.05, 0) is 47.0 Å². The minimum Gasteiger partial charge on any atom is -0.399 e. The first kappa shape index (κ1) is 15.0.